The molecule has 0 radical (unpaired) electrons. The van der Waals surface area contributed by atoms with Crippen LogP contribution in [0.4, 0.5) is 34.1 Å². The Kier molecular flexibility index (Phi) is 10.5. The number of methoxy groups -OCH3 is 4. The third kappa shape index (κ3) is 6.84. The Morgan fingerprint density at radius 2 is 0.956 bits per heavy atom. The second kappa shape index (κ2) is 16.5. The topological polar surface area (TPSA) is 55.8 Å². The molecule has 7 nitrogen and oxygen atoms in total. The normalized spacial score (nSPS) is 17.1. The van der Waals surface area contributed by atoms with Gasteiger partial charge in [-0.2, -0.15) is 0 Å². The molecule has 5 aliphatic rings. The Hall–Kier alpha value is -6.20. The van der Waals surface area contributed by atoms with Gasteiger partial charge in [0.15, 0.2) is 0 Å². The van der Waals surface area contributed by atoms with Crippen LogP contribution in [-0.2, 0) is 5.41 Å². The summed E-state index contributed by atoms with van der Waals surface area (Å²) in [5.41, 5.74) is 14.0. The van der Waals surface area contributed by atoms with E-state index >= 15 is 0 Å². The standard InChI is InChI=1S/C58H51N3O4S3/c1-57(2,3)56-32-42-34(24-25-59-56)33-58(43-11-9-8-10-41(42)43)44-26-35(60-46-18-14-37(62-4)28-52(46)67-53-29-38(63-5)15-19-47(53)60)12-22-50(44)66-51-23-13-36(27-45(51)58)61-48-20-16-39(64-6)30-54(48)68-55-31-40(65-7)17-21-49(55)61/h8-23,26-32,34H,24-25,33H2,1-7H3. The van der Waals surface area contributed by atoms with Crippen LogP contribution in [-0.4, -0.2) is 40.7 Å². The van der Waals surface area contributed by atoms with Crippen LogP contribution in [0.3, 0.4) is 0 Å². The van der Waals surface area contributed by atoms with Crippen molar-refractivity contribution in [3.63, 3.8) is 0 Å². The van der Waals surface area contributed by atoms with E-state index in [0.29, 0.717) is 0 Å². The van der Waals surface area contributed by atoms with E-state index in [2.05, 4.69) is 170 Å². The molecule has 10 heteroatoms. The molecule has 12 rings (SSSR count). The summed E-state index contributed by atoms with van der Waals surface area (Å²) in [5.74, 6) is 3.59. The van der Waals surface area contributed by atoms with Gasteiger partial charge in [-0.05, 0) is 162 Å². The molecule has 340 valence electrons. The van der Waals surface area contributed by atoms with Gasteiger partial charge in [0.05, 0.1) is 51.2 Å². The summed E-state index contributed by atoms with van der Waals surface area (Å²) >= 11 is 5.39. The van der Waals surface area contributed by atoms with Crippen molar-refractivity contribution in [3.8, 4) is 23.0 Å². The van der Waals surface area contributed by atoms with E-state index in [-0.39, 0.29) is 11.3 Å². The number of nitrogens with zero attached hydrogens (tertiary/aromatic N) is 3. The molecule has 0 aromatic heterocycles. The van der Waals surface area contributed by atoms with Crippen molar-refractivity contribution in [2.24, 2.45) is 16.3 Å². The number of aliphatic imine (C=N–C) groups is 1. The quantitative estimate of drug-likeness (QED) is 0.162. The second-order valence-electron chi connectivity index (χ2n) is 18.9. The van der Waals surface area contributed by atoms with Crippen LogP contribution in [0.15, 0.2) is 174 Å². The van der Waals surface area contributed by atoms with Gasteiger partial charge in [0.25, 0.3) is 0 Å². The molecule has 1 atom stereocenters. The van der Waals surface area contributed by atoms with E-state index in [1.165, 1.54) is 43.3 Å². The molecule has 0 bridgehead atoms. The fourth-order valence-electron chi connectivity index (χ4n) is 10.9. The van der Waals surface area contributed by atoms with E-state index < -0.39 is 5.41 Å². The highest BCUT2D eigenvalue weighted by atomic mass is 32.2. The Labute approximate surface area is 411 Å². The van der Waals surface area contributed by atoms with Crippen molar-refractivity contribution in [1.29, 1.82) is 0 Å². The summed E-state index contributed by atoms with van der Waals surface area (Å²) in [6, 6.07) is 49.3. The summed E-state index contributed by atoms with van der Waals surface area (Å²) in [7, 11) is 6.93. The van der Waals surface area contributed by atoms with Gasteiger partial charge in [-0.25, -0.2) is 0 Å². The second-order valence-corrected chi connectivity index (χ2v) is 22.2. The third-order valence-electron chi connectivity index (χ3n) is 14.2. The summed E-state index contributed by atoms with van der Waals surface area (Å²) in [6.07, 6.45) is 4.32. The Morgan fingerprint density at radius 3 is 1.40 bits per heavy atom. The number of allylic oxidation sites excluding steroid dienone is 2. The van der Waals surface area contributed by atoms with Crippen LogP contribution in [0.5, 0.6) is 23.0 Å². The lowest BCUT2D eigenvalue weighted by Gasteiger charge is -2.48. The molecule has 0 amide bonds. The molecule has 0 saturated carbocycles. The molecular formula is C58H51N3O4S3. The first-order valence-electron chi connectivity index (χ1n) is 23.1. The Balaban J connectivity index is 1.11. The van der Waals surface area contributed by atoms with Crippen LogP contribution in [0.1, 0.15) is 55.9 Å². The zero-order valence-corrected chi connectivity index (χ0v) is 41.6. The first-order chi connectivity index (χ1) is 33.1. The van der Waals surface area contributed by atoms with Crippen molar-refractivity contribution >= 4 is 80.7 Å². The van der Waals surface area contributed by atoms with Crippen LogP contribution in [0, 0.1) is 11.3 Å². The maximum Gasteiger partial charge on any atom is 0.120 e. The summed E-state index contributed by atoms with van der Waals surface area (Å²) < 4.78 is 23.1. The minimum absolute atomic E-state index is 0.0723. The van der Waals surface area contributed by atoms with Gasteiger partial charge in [-0.3, -0.25) is 4.99 Å². The third-order valence-corrected chi connectivity index (χ3v) is 17.5. The lowest BCUT2D eigenvalue weighted by molar-refractivity contribution is 0.413. The minimum atomic E-state index is -0.515. The van der Waals surface area contributed by atoms with Crippen LogP contribution in [0.25, 0.3) is 5.57 Å². The van der Waals surface area contributed by atoms with Gasteiger partial charge >= 0.3 is 0 Å². The number of benzene rings is 7. The molecule has 0 fully saturated rings. The Bertz CT molecular complexity index is 3010. The molecule has 0 saturated heterocycles. The number of ether oxygens (including phenoxy) is 4. The highest BCUT2D eigenvalue weighted by molar-refractivity contribution is 8.00. The van der Waals surface area contributed by atoms with Crippen LogP contribution < -0.4 is 28.7 Å². The van der Waals surface area contributed by atoms with Crippen molar-refractivity contribution in [3.05, 3.63) is 162 Å². The van der Waals surface area contributed by atoms with Crippen molar-refractivity contribution < 1.29 is 18.9 Å². The summed E-state index contributed by atoms with van der Waals surface area (Å²) in [6.45, 7) is 7.66. The van der Waals surface area contributed by atoms with E-state index in [0.717, 1.165) is 96.1 Å². The molecule has 4 aliphatic heterocycles. The molecule has 1 spiro atoms. The highest BCUT2D eigenvalue weighted by Crippen LogP contribution is 2.63. The lowest BCUT2D eigenvalue weighted by atomic mass is 9.57. The maximum atomic E-state index is 5.77. The average Bonchev–Trinajstić information content (AvgIpc) is 3.60. The number of anilines is 6. The van der Waals surface area contributed by atoms with Crippen LogP contribution in [0.2, 0.25) is 0 Å². The molecule has 4 heterocycles. The molecule has 0 N–H and O–H groups in total. The molecule has 1 unspecified atom stereocenters. The van der Waals surface area contributed by atoms with Crippen molar-refractivity contribution in [2.75, 3.05) is 44.8 Å². The fourth-order valence-corrected chi connectivity index (χ4v) is 14.3. The SMILES string of the molecule is COc1ccc2c(c1)Sc1cc(OC)ccc1N2c1ccc2c(c1)C1(CC3CCN=C(C(C)(C)C)C=C3c3ccccc31)c1cc(N3c4ccc(OC)cc4Sc4cc(OC)ccc43)ccc1S2. The number of hydrogen-bond donors (Lipinski definition) is 0. The van der Waals surface area contributed by atoms with Crippen molar-refractivity contribution in [2.45, 2.75) is 68.4 Å². The first kappa shape index (κ1) is 43.1. The van der Waals surface area contributed by atoms with E-state index in [1.54, 1.807) is 52.0 Å². The monoisotopic (exact) mass is 949 g/mol. The maximum absolute atomic E-state index is 5.77. The number of hydrogen-bond acceptors (Lipinski definition) is 10. The zero-order valence-electron chi connectivity index (χ0n) is 39.2. The largest absolute Gasteiger partial charge is 0.497 e. The molecule has 68 heavy (non-hydrogen) atoms. The zero-order chi connectivity index (χ0) is 46.5. The molecule has 1 aliphatic carbocycles. The molecule has 7 aromatic rings. The average molecular weight is 950 g/mol. The minimum Gasteiger partial charge on any atom is -0.497 e. The van der Waals surface area contributed by atoms with Crippen LogP contribution >= 0.6 is 35.3 Å². The highest BCUT2D eigenvalue weighted by Gasteiger charge is 2.50. The molecular weight excluding hydrogens is 899 g/mol. The van der Waals surface area contributed by atoms with Gasteiger partial charge in [0.1, 0.15) is 23.0 Å². The predicted octanol–water partition coefficient (Wildman–Crippen LogP) is 15.7. The van der Waals surface area contributed by atoms with Gasteiger partial charge in [-0.15, -0.1) is 0 Å². The fraction of sp³-hybridized carbons (Fsp3) is 0.224. The Morgan fingerprint density at radius 1 is 0.515 bits per heavy atom. The van der Waals surface area contributed by atoms with E-state index in [4.69, 9.17) is 23.9 Å². The number of rotatable bonds is 6. The summed E-state index contributed by atoms with van der Waals surface area (Å²) in [4.78, 5) is 17.2. The summed E-state index contributed by atoms with van der Waals surface area (Å²) in [5, 5.41) is 0. The van der Waals surface area contributed by atoms with Gasteiger partial charge in [0.2, 0.25) is 0 Å². The van der Waals surface area contributed by atoms with Gasteiger partial charge in [-0.1, -0.05) is 80.3 Å². The predicted molar refractivity (Wildman–Crippen MR) is 280 cm³/mol. The van der Waals surface area contributed by atoms with Crippen molar-refractivity contribution in [1.82, 2.24) is 0 Å². The van der Waals surface area contributed by atoms with Gasteiger partial charge in [0, 0.05) is 63.8 Å². The lowest BCUT2D eigenvalue weighted by Crippen LogP contribution is -2.39. The smallest absolute Gasteiger partial charge is 0.120 e. The number of fused-ring (bicyclic) bond motifs is 12. The first-order valence-corrected chi connectivity index (χ1v) is 25.5. The van der Waals surface area contributed by atoms with E-state index in [9.17, 15) is 0 Å². The van der Waals surface area contributed by atoms with E-state index in [1.807, 2.05) is 11.8 Å². The molecule has 7 aromatic carbocycles. The van der Waals surface area contributed by atoms with Gasteiger partial charge < -0.3 is 28.7 Å².